The molecular weight excluding hydrogens is 540 g/mol. The van der Waals surface area contributed by atoms with Crippen LogP contribution in [0.4, 0.5) is 5.13 Å². The highest BCUT2D eigenvalue weighted by Gasteiger charge is 2.42. The molecule has 4 rings (SSSR count). The van der Waals surface area contributed by atoms with Gasteiger partial charge in [0.05, 0.1) is 32.8 Å². The van der Waals surface area contributed by atoms with Crippen LogP contribution in [0, 0.1) is 5.92 Å². The first-order valence-corrected chi connectivity index (χ1v) is 13.6. The number of nitrogens with zero attached hydrogens (tertiary/aromatic N) is 2. The van der Waals surface area contributed by atoms with Crippen molar-refractivity contribution in [3.8, 4) is 17.2 Å². The third kappa shape index (κ3) is 6.04. The molecule has 39 heavy (non-hydrogen) atoms. The Hall–Kier alpha value is -3.56. The van der Waals surface area contributed by atoms with Gasteiger partial charge in [0.1, 0.15) is 11.1 Å². The Morgan fingerprint density at radius 1 is 1.10 bits per heavy atom. The molecule has 10 heteroatoms. The zero-order chi connectivity index (χ0) is 28.1. The second-order valence-electron chi connectivity index (χ2n) is 9.02. The minimum atomic E-state index is -1.03. The average molecular weight is 571 g/mol. The summed E-state index contributed by atoms with van der Waals surface area (Å²) in [6.45, 7) is 2.51. The molecule has 0 spiro atoms. The highest BCUT2D eigenvalue weighted by Crippen LogP contribution is 2.48. The molecule has 1 heterocycles. The van der Waals surface area contributed by atoms with Crippen molar-refractivity contribution in [1.82, 2.24) is 4.98 Å². The lowest BCUT2D eigenvalue weighted by Crippen LogP contribution is -2.33. The number of benzene rings is 2. The van der Waals surface area contributed by atoms with E-state index in [9.17, 15) is 9.59 Å². The Labute approximate surface area is 237 Å². The van der Waals surface area contributed by atoms with Crippen LogP contribution in [0.2, 0.25) is 5.15 Å². The number of thiazole rings is 1. The van der Waals surface area contributed by atoms with Crippen LogP contribution in [0.5, 0.6) is 17.2 Å². The Morgan fingerprint density at radius 2 is 1.77 bits per heavy atom. The van der Waals surface area contributed by atoms with E-state index >= 15 is 0 Å². The highest BCUT2D eigenvalue weighted by molar-refractivity contribution is 7.16. The second kappa shape index (κ2) is 12.5. The van der Waals surface area contributed by atoms with Crippen LogP contribution in [0.25, 0.3) is 5.57 Å². The third-order valence-corrected chi connectivity index (χ3v) is 8.27. The zero-order valence-corrected chi connectivity index (χ0v) is 24.1. The van der Waals surface area contributed by atoms with Crippen molar-refractivity contribution in [3.05, 3.63) is 69.7 Å². The molecule has 1 aliphatic carbocycles. The smallest absolute Gasteiger partial charge is 0.317 e. The SMILES string of the molecule is CCOC(=O)C1C(=O)C=C(c2cc(OC)c(OC)c(OC)c2)CC1c1sc(N(C)Cc2ccccc2)nc1Cl. The maximum atomic E-state index is 13.5. The van der Waals surface area contributed by atoms with Gasteiger partial charge in [0, 0.05) is 19.5 Å². The molecule has 0 bridgehead atoms. The maximum absolute atomic E-state index is 13.5. The van der Waals surface area contributed by atoms with Crippen molar-refractivity contribution in [2.75, 3.05) is 39.9 Å². The Bertz CT molecular complexity index is 1350. The van der Waals surface area contributed by atoms with Gasteiger partial charge in [0.25, 0.3) is 0 Å². The Balaban J connectivity index is 1.73. The van der Waals surface area contributed by atoms with Crippen molar-refractivity contribution in [2.24, 2.45) is 5.92 Å². The quantitative estimate of drug-likeness (QED) is 0.224. The van der Waals surface area contributed by atoms with E-state index in [4.69, 9.17) is 30.5 Å². The molecule has 3 aromatic rings. The number of aromatic nitrogens is 1. The molecule has 0 amide bonds. The van der Waals surface area contributed by atoms with E-state index in [0.29, 0.717) is 51.4 Å². The summed E-state index contributed by atoms with van der Waals surface area (Å²) >= 11 is 8.06. The van der Waals surface area contributed by atoms with Gasteiger partial charge in [-0.2, -0.15) is 0 Å². The number of ether oxygens (including phenoxy) is 4. The Kier molecular flexibility index (Phi) is 9.14. The number of hydrogen-bond donors (Lipinski definition) is 0. The standard InChI is InChI=1S/C29H31ClN2O6S/c1-6-38-28(34)24-20(26-27(30)31-29(39-26)32(2)16-17-10-8-7-9-11-17)12-18(13-21(24)33)19-14-22(35-3)25(37-5)23(15-19)36-4/h7-11,13-15,20,24H,6,12,16H2,1-5H3. The molecule has 8 nitrogen and oxygen atoms in total. The second-order valence-corrected chi connectivity index (χ2v) is 10.4. The number of esters is 1. The van der Waals surface area contributed by atoms with E-state index in [0.717, 1.165) is 5.56 Å². The fourth-order valence-electron chi connectivity index (χ4n) is 4.72. The fraction of sp³-hybridized carbons (Fsp3) is 0.345. The molecule has 0 aliphatic heterocycles. The summed E-state index contributed by atoms with van der Waals surface area (Å²) in [7, 11) is 6.53. The molecule has 2 aromatic carbocycles. The van der Waals surface area contributed by atoms with Crippen LogP contribution in [0.15, 0.2) is 48.5 Å². The molecule has 1 aliphatic rings. The first kappa shape index (κ1) is 28.4. The summed E-state index contributed by atoms with van der Waals surface area (Å²) in [5.41, 5.74) is 2.55. The first-order chi connectivity index (χ1) is 18.8. The molecular formula is C29H31ClN2O6S. The normalized spacial score (nSPS) is 16.9. The van der Waals surface area contributed by atoms with Gasteiger partial charge in [-0.25, -0.2) is 4.98 Å². The number of halogens is 1. The molecule has 0 saturated carbocycles. The van der Waals surface area contributed by atoms with Crippen molar-refractivity contribution < 1.29 is 28.5 Å². The van der Waals surface area contributed by atoms with Crippen LogP contribution in [-0.2, 0) is 20.9 Å². The maximum Gasteiger partial charge on any atom is 0.317 e. The number of allylic oxidation sites excluding steroid dienone is 2. The van der Waals surface area contributed by atoms with Crippen LogP contribution in [-0.4, -0.2) is 51.7 Å². The largest absolute Gasteiger partial charge is 0.493 e. The molecule has 0 radical (unpaired) electrons. The van der Waals surface area contributed by atoms with Gasteiger partial charge in [-0.1, -0.05) is 53.3 Å². The van der Waals surface area contributed by atoms with Crippen molar-refractivity contribution in [3.63, 3.8) is 0 Å². The summed E-state index contributed by atoms with van der Waals surface area (Å²) in [4.78, 5) is 33.7. The van der Waals surface area contributed by atoms with Crippen molar-refractivity contribution in [2.45, 2.75) is 25.8 Å². The molecule has 2 unspecified atom stereocenters. The highest BCUT2D eigenvalue weighted by atomic mass is 35.5. The number of anilines is 1. The third-order valence-electron chi connectivity index (χ3n) is 6.57. The van der Waals surface area contributed by atoms with Gasteiger partial charge in [0.15, 0.2) is 22.4 Å². The predicted molar refractivity (Wildman–Crippen MR) is 152 cm³/mol. The monoisotopic (exact) mass is 570 g/mol. The average Bonchev–Trinajstić information content (AvgIpc) is 3.33. The van der Waals surface area contributed by atoms with Crippen LogP contribution in [0.3, 0.4) is 0 Å². The number of carbonyl (C=O) groups excluding carboxylic acids is 2. The van der Waals surface area contributed by atoms with E-state index in [1.807, 2.05) is 42.3 Å². The Morgan fingerprint density at radius 3 is 2.36 bits per heavy atom. The topological polar surface area (TPSA) is 87.2 Å². The molecule has 0 saturated heterocycles. The van der Waals surface area contributed by atoms with Gasteiger partial charge < -0.3 is 23.8 Å². The minimum Gasteiger partial charge on any atom is -0.493 e. The molecule has 2 atom stereocenters. The van der Waals surface area contributed by atoms with Gasteiger partial charge in [-0.3, -0.25) is 9.59 Å². The molecule has 206 valence electrons. The number of ketones is 1. The van der Waals surface area contributed by atoms with Crippen LogP contribution < -0.4 is 19.1 Å². The van der Waals surface area contributed by atoms with Crippen LogP contribution >= 0.6 is 22.9 Å². The zero-order valence-electron chi connectivity index (χ0n) is 22.5. The van der Waals surface area contributed by atoms with Gasteiger partial charge in [0.2, 0.25) is 5.75 Å². The van der Waals surface area contributed by atoms with Crippen LogP contribution in [0.1, 0.15) is 35.3 Å². The number of hydrogen-bond acceptors (Lipinski definition) is 9. The molecule has 1 aromatic heterocycles. The van der Waals surface area contributed by atoms with Crippen molar-refractivity contribution in [1.29, 1.82) is 0 Å². The summed E-state index contributed by atoms with van der Waals surface area (Å²) in [6, 6.07) is 13.6. The summed E-state index contributed by atoms with van der Waals surface area (Å²) in [5.74, 6) is -1.13. The van der Waals surface area contributed by atoms with E-state index in [1.54, 1.807) is 19.1 Å². The van der Waals surface area contributed by atoms with E-state index in [2.05, 4.69) is 4.98 Å². The van der Waals surface area contributed by atoms with E-state index in [1.165, 1.54) is 38.7 Å². The predicted octanol–water partition coefficient (Wildman–Crippen LogP) is 5.78. The minimum absolute atomic E-state index is 0.167. The number of carbonyl (C=O) groups is 2. The lowest BCUT2D eigenvalue weighted by atomic mass is 9.76. The number of rotatable bonds is 10. The van der Waals surface area contributed by atoms with Gasteiger partial charge in [-0.05, 0) is 48.3 Å². The van der Waals surface area contributed by atoms with Gasteiger partial charge >= 0.3 is 5.97 Å². The fourth-order valence-corrected chi connectivity index (χ4v) is 6.16. The van der Waals surface area contributed by atoms with E-state index in [-0.39, 0.29) is 17.5 Å². The van der Waals surface area contributed by atoms with Crippen molar-refractivity contribution >= 4 is 45.4 Å². The van der Waals surface area contributed by atoms with Gasteiger partial charge in [-0.15, -0.1) is 0 Å². The first-order valence-electron chi connectivity index (χ1n) is 12.4. The summed E-state index contributed by atoms with van der Waals surface area (Å²) in [5, 5.41) is 0.964. The lowest BCUT2D eigenvalue weighted by molar-refractivity contribution is -0.151. The lowest BCUT2D eigenvalue weighted by Gasteiger charge is -2.29. The summed E-state index contributed by atoms with van der Waals surface area (Å²) < 4.78 is 21.8. The number of methoxy groups -OCH3 is 3. The van der Waals surface area contributed by atoms with E-state index < -0.39 is 17.8 Å². The summed E-state index contributed by atoms with van der Waals surface area (Å²) in [6.07, 6.45) is 1.85. The molecule has 0 N–H and O–H groups in total. The molecule has 0 fully saturated rings.